The van der Waals surface area contributed by atoms with Gasteiger partial charge in [0, 0.05) is 5.56 Å². The molecule has 13 heavy (non-hydrogen) atoms. The lowest BCUT2D eigenvalue weighted by molar-refractivity contribution is 0.0306. The van der Waals surface area contributed by atoms with Crippen LogP contribution in [0.3, 0.4) is 0 Å². The van der Waals surface area contributed by atoms with Gasteiger partial charge in [-0.05, 0) is 13.0 Å². The summed E-state index contributed by atoms with van der Waals surface area (Å²) in [4.78, 5) is 0. The zero-order chi connectivity index (χ0) is 10.0. The zero-order valence-corrected chi connectivity index (χ0v) is 8.55. The maximum atomic E-state index is 9.51. The Morgan fingerprint density at radius 1 is 1.23 bits per heavy atom. The molecular weight excluding hydrogens is 211 g/mol. The SMILES string of the molecule is CC(O)C(O)c1cccc(Cl)c1Cl. The summed E-state index contributed by atoms with van der Waals surface area (Å²) in [5.41, 5.74) is 0.448. The van der Waals surface area contributed by atoms with Gasteiger partial charge in [0.1, 0.15) is 6.10 Å². The molecule has 72 valence electrons. The van der Waals surface area contributed by atoms with Gasteiger partial charge in [0.15, 0.2) is 0 Å². The van der Waals surface area contributed by atoms with E-state index < -0.39 is 12.2 Å². The Labute approximate surface area is 86.7 Å². The molecule has 0 aliphatic carbocycles. The number of hydrogen-bond donors (Lipinski definition) is 2. The van der Waals surface area contributed by atoms with Gasteiger partial charge in [-0.2, -0.15) is 0 Å². The van der Waals surface area contributed by atoms with Gasteiger partial charge in [-0.25, -0.2) is 0 Å². The minimum absolute atomic E-state index is 0.289. The molecule has 0 bridgehead atoms. The second-order valence-electron chi connectivity index (χ2n) is 2.83. The lowest BCUT2D eigenvalue weighted by atomic mass is 10.1. The molecule has 0 radical (unpaired) electrons. The van der Waals surface area contributed by atoms with Gasteiger partial charge < -0.3 is 10.2 Å². The molecule has 4 heteroatoms. The van der Waals surface area contributed by atoms with Gasteiger partial charge in [-0.15, -0.1) is 0 Å². The number of halogens is 2. The van der Waals surface area contributed by atoms with Crippen molar-refractivity contribution < 1.29 is 10.2 Å². The van der Waals surface area contributed by atoms with Crippen LogP contribution in [-0.4, -0.2) is 16.3 Å². The summed E-state index contributed by atoms with van der Waals surface area (Å²) >= 11 is 11.6. The Bertz CT molecular complexity index is 300. The third-order valence-electron chi connectivity index (χ3n) is 1.76. The number of aliphatic hydroxyl groups excluding tert-OH is 2. The Kier molecular flexibility index (Phi) is 3.56. The molecule has 1 rings (SSSR count). The van der Waals surface area contributed by atoms with Gasteiger partial charge in [-0.3, -0.25) is 0 Å². The largest absolute Gasteiger partial charge is 0.390 e. The third kappa shape index (κ3) is 2.35. The molecule has 2 unspecified atom stereocenters. The molecule has 2 nitrogen and oxygen atoms in total. The van der Waals surface area contributed by atoms with Crippen LogP contribution in [0.4, 0.5) is 0 Å². The van der Waals surface area contributed by atoms with Crippen molar-refractivity contribution in [2.75, 3.05) is 0 Å². The molecule has 0 aliphatic heterocycles. The van der Waals surface area contributed by atoms with E-state index in [0.717, 1.165) is 0 Å². The van der Waals surface area contributed by atoms with Crippen LogP contribution in [0.5, 0.6) is 0 Å². The van der Waals surface area contributed by atoms with Crippen molar-refractivity contribution in [1.82, 2.24) is 0 Å². The Hall–Kier alpha value is -0.280. The average Bonchev–Trinajstić information content (AvgIpc) is 2.08. The van der Waals surface area contributed by atoms with E-state index in [2.05, 4.69) is 0 Å². The van der Waals surface area contributed by atoms with E-state index >= 15 is 0 Å². The van der Waals surface area contributed by atoms with Crippen LogP contribution in [0.15, 0.2) is 18.2 Å². The molecule has 0 aliphatic rings. The van der Waals surface area contributed by atoms with Gasteiger partial charge in [0.05, 0.1) is 16.1 Å². The summed E-state index contributed by atoms with van der Waals surface area (Å²) in [6.07, 6.45) is -1.86. The fourth-order valence-corrected chi connectivity index (χ4v) is 1.43. The van der Waals surface area contributed by atoms with E-state index in [-0.39, 0.29) is 5.02 Å². The summed E-state index contributed by atoms with van der Waals surface area (Å²) in [5.74, 6) is 0. The molecule has 2 atom stereocenters. The van der Waals surface area contributed by atoms with Crippen molar-refractivity contribution in [2.24, 2.45) is 0 Å². The summed E-state index contributed by atoms with van der Waals surface area (Å²) in [5, 5.41) is 19.3. The van der Waals surface area contributed by atoms with Crippen LogP contribution in [0.25, 0.3) is 0 Å². The van der Waals surface area contributed by atoms with Crippen molar-refractivity contribution in [3.05, 3.63) is 33.8 Å². The van der Waals surface area contributed by atoms with Crippen LogP contribution < -0.4 is 0 Å². The Balaban J connectivity index is 3.07. The Morgan fingerprint density at radius 3 is 2.38 bits per heavy atom. The molecular formula is C9H10Cl2O2. The Morgan fingerprint density at radius 2 is 1.85 bits per heavy atom. The maximum absolute atomic E-state index is 9.51. The van der Waals surface area contributed by atoms with E-state index in [1.54, 1.807) is 18.2 Å². The van der Waals surface area contributed by atoms with Crippen molar-refractivity contribution in [3.8, 4) is 0 Å². The number of aliphatic hydroxyl groups is 2. The van der Waals surface area contributed by atoms with Gasteiger partial charge in [0.2, 0.25) is 0 Å². The summed E-state index contributed by atoms with van der Waals surface area (Å²) in [6.45, 7) is 1.49. The molecule has 0 fully saturated rings. The van der Waals surface area contributed by atoms with Crippen molar-refractivity contribution >= 4 is 23.2 Å². The highest BCUT2D eigenvalue weighted by Gasteiger charge is 2.17. The highest BCUT2D eigenvalue weighted by Crippen LogP contribution is 2.30. The van der Waals surface area contributed by atoms with Crippen LogP contribution >= 0.6 is 23.2 Å². The van der Waals surface area contributed by atoms with E-state index in [1.165, 1.54) is 6.92 Å². The first kappa shape index (κ1) is 10.8. The third-order valence-corrected chi connectivity index (χ3v) is 2.59. The number of hydrogen-bond acceptors (Lipinski definition) is 2. The van der Waals surface area contributed by atoms with E-state index in [1.807, 2.05) is 0 Å². The average molecular weight is 221 g/mol. The first-order valence-electron chi connectivity index (χ1n) is 3.84. The molecule has 2 N–H and O–H groups in total. The first-order chi connectivity index (χ1) is 6.04. The summed E-state index contributed by atoms with van der Waals surface area (Å²) in [7, 11) is 0. The van der Waals surface area contributed by atoms with Crippen molar-refractivity contribution in [3.63, 3.8) is 0 Å². The molecule has 0 aromatic heterocycles. The van der Waals surface area contributed by atoms with Crippen LogP contribution in [0.1, 0.15) is 18.6 Å². The number of rotatable bonds is 2. The monoisotopic (exact) mass is 220 g/mol. The lowest BCUT2D eigenvalue weighted by Crippen LogP contribution is -2.14. The zero-order valence-electron chi connectivity index (χ0n) is 7.04. The van der Waals surface area contributed by atoms with Crippen LogP contribution in [-0.2, 0) is 0 Å². The fourth-order valence-electron chi connectivity index (χ4n) is 1.01. The lowest BCUT2D eigenvalue weighted by Gasteiger charge is -2.15. The minimum atomic E-state index is -0.994. The number of benzene rings is 1. The van der Waals surface area contributed by atoms with E-state index in [4.69, 9.17) is 28.3 Å². The molecule has 1 aromatic rings. The van der Waals surface area contributed by atoms with Gasteiger partial charge in [0.25, 0.3) is 0 Å². The van der Waals surface area contributed by atoms with Gasteiger partial charge in [-0.1, -0.05) is 35.3 Å². The fraction of sp³-hybridized carbons (Fsp3) is 0.333. The molecule has 0 amide bonds. The van der Waals surface area contributed by atoms with Crippen molar-refractivity contribution in [1.29, 1.82) is 0 Å². The minimum Gasteiger partial charge on any atom is -0.390 e. The van der Waals surface area contributed by atoms with E-state index in [9.17, 15) is 5.11 Å². The second-order valence-corrected chi connectivity index (χ2v) is 3.61. The highest BCUT2D eigenvalue weighted by molar-refractivity contribution is 6.42. The van der Waals surface area contributed by atoms with Crippen molar-refractivity contribution in [2.45, 2.75) is 19.1 Å². The van der Waals surface area contributed by atoms with Crippen LogP contribution in [0.2, 0.25) is 10.0 Å². The quantitative estimate of drug-likeness (QED) is 0.804. The molecule has 0 saturated heterocycles. The van der Waals surface area contributed by atoms with Gasteiger partial charge >= 0.3 is 0 Å². The summed E-state index contributed by atoms with van der Waals surface area (Å²) < 4.78 is 0. The molecule has 0 heterocycles. The molecule has 1 aromatic carbocycles. The predicted octanol–water partition coefficient (Wildman–Crippen LogP) is 2.41. The smallest absolute Gasteiger partial charge is 0.106 e. The molecule has 0 spiro atoms. The topological polar surface area (TPSA) is 40.5 Å². The first-order valence-corrected chi connectivity index (χ1v) is 4.59. The highest BCUT2D eigenvalue weighted by atomic mass is 35.5. The maximum Gasteiger partial charge on any atom is 0.106 e. The summed E-state index contributed by atoms with van der Waals surface area (Å²) in [6, 6.07) is 4.93. The standard InChI is InChI=1S/C9H10Cl2O2/c1-5(12)9(13)6-3-2-4-7(10)8(6)11/h2-5,9,12-13H,1H3. The van der Waals surface area contributed by atoms with E-state index in [0.29, 0.717) is 10.6 Å². The van der Waals surface area contributed by atoms with Crippen LogP contribution in [0, 0.1) is 0 Å². The molecule has 0 saturated carbocycles. The predicted molar refractivity (Wildman–Crippen MR) is 53.1 cm³/mol. The normalized spacial score (nSPS) is 15.5. The second kappa shape index (κ2) is 4.29.